The van der Waals surface area contributed by atoms with E-state index in [1.807, 2.05) is 19.1 Å². The zero-order valence-corrected chi connectivity index (χ0v) is 13.0. The summed E-state index contributed by atoms with van der Waals surface area (Å²) in [5, 5.41) is 4.56. The molecule has 4 rings (SSSR count). The molecule has 2 aromatic heterocycles. The van der Waals surface area contributed by atoms with Gasteiger partial charge in [-0.05, 0) is 38.3 Å². The van der Waals surface area contributed by atoms with E-state index in [0.717, 1.165) is 35.7 Å². The van der Waals surface area contributed by atoms with Gasteiger partial charge in [0.05, 0.1) is 23.6 Å². The number of pyridine rings is 1. The maximum Gasteiger partial charge on any atom is 0.164 e. The van der Waals surface area contributed by atoms with Crippen molar-refractivity contribution in [2.24, 2.45) is 0 Å². The number of ether oxygens (including phenoxy) is 1. The molecule has 0 unspecified atom stereocenters. The number of anilines is 1. The lowest BCUT2D eigenvalue weighted by molar-refractivity contribution is -0.0244. The molecule has 22 heavy (non-hydrogen) atoms. The molecule has 0 aromatic carbocycles. The summed E-state index contributed by atoms with van der Waals surface area (Å²) >= 11 is 0. The predicted molar refractivity (Wildman–Crippen MR) is 85.9 cm³/mol. The molecule has 1 atom stereocenters. The average Bonchev–Trinajstić information content (AvgIpc) is 2.90. The van der Waals surface area contributed by atoms with Gasteiger partial charge in [0.25, 0.3) is 0 Å². The first-order valence-electron chi connectivity index (χ1n) is 8.24. The number of fused-ring (bicyclic) bond motifs is 1. The Hall–Kier alpha value is -1.75. The van der Waals surface area contributed by atoms with Crippen molar-refractivity contribution in [1.29, 1.82) is 0 Å². The largest absolute Gasteiger partial charge is 0.373 e. The number of hydrogen-bond donors (Lipinski definition) is 1. The van der Waals surface area contributed by atoms with Crippen LogP contribution in [0.3, 0.4) is 0 Å². The molecule has 0 radical (unpaired) electrons. The topological polar surface area (TPSA) is 59.9 Å². The molecule has 1 N–H and O–H groups in total. The summed E-state index contributed by atoms with van der Waals surface area (Å²) in [6.45, 7) is 2.68. The van der Waals surface area contributed by atoms with Crippen molar-refractivity contribution in [3.63, 3.8) is 0 Å². The third kappa shape index (κ3) is 2.54. The monoisotopic (exact) mass is 298 g/mol. The van der Waals surface area contributed by atoms with Gasteiger partial charge in [-0.2, -0.15) is 0 Å². The van der Waals surface area contributed by atoms with Gasteiger partial charge < -0.3 is 10.1 Å². The van der Waals surface area contributed by atoms with E-state index in [2.05, 4.69) is 20.3 Å². The van der Waals surface area contributed by atoms with Crippen LogP contribution in [0.2, 0.25) is 0 Å². The van der Waals surface area contributed by atoms with E-state index in [4.69, 9.17) is 4.74 Å². The molecular formula is C17H22N4O. The van der Waals surface area contributed by atoms with Crippen molar-refractivity contribution in [2.75, 3.05) is 11.9 Å². The summed E-state index contributed by atoms with van der Waals surface area (Å²) in [5.74, 6) is 1.64. The van der Waals surface area contributed by atoms with Gasteiger partial charge in [0.15, 0.2) is 5.65 Å². The first kappa shape index (κ1) is 13.9. The maximum atomic E-state index is 6.19. The van der Waals surface area contributed by atoms with E-state index < -0.39 is 0 Å². The van der Waals surface area contributed by atoms with Crippen molar-refractivity contribution in [3.8, 4) is 0 Å². The number of aromatic nitrogens is 3. The Bertz CT molecular complexity index is 681. The molecule has 2 aliphatic rings. The highest BCUT2D eigenvalue weighted by molar-refractivity contribution is 5.86. The second-order valence-electron chi connectivity index (χ2n) is 6.59. The molecule has 2 aromatic rings. The van der Waals surface area contributed by atoms with Gasteiger partial charge in [0.1, 0.15) is 11.6 Å². The van der Waals surface area contributed by atoms with Crippen molar-refractivity contribution in [2.45, 2.75) is 57.1 Å². The molecular weight excluding hydrogens is 276 g/mol. The van der Waals surface area contributed by atoms with Gasteiger partial charge in [-0.15, -0.1) is 0 Å². The van der Waals surface area contributed by atoms with Crippen LogP contribution in [0.25, 0.3) is 11.0 Å². The van der Waals surface area contributed by atoms with Crippen LogP contribution in [0, 0.1) is 6.92 Å². The third-order valence-electron chi connectivity index (χ3n) is 4.90. The number of aryl methyl sites for hydroxylation is 1. The Balaban J connectivity index is 1.57. The third-order valence-corrected chi connectivity index (χ3v) is 4.90. The Morgan fingerprint density at radius 1 is 1.23 bits per heavy atom. The average molecular weight is 298 g/mol. The molecule has 1 aliphatic carbocycles. The van der Waals surface area contributed by atoms with Crippen LogP contribution in [-0.4, -0.2) is 33.2 Å². The molecule has 0 amide bonds. The Kier molecular flexibility index (Phi) is 3.45. The van der Waals surface area contributed by atoms with Crippen molar-refractivity contribution < 1.29 is 4.74 Å². The molecule has 116 valence electrons. The zero-order chi connectivity index (χ0) is 15.0. The molecule has 5 heteroatoms. The van der Waals surface area contributed by atoms with E-state index in [-0.39, 0.29) is 5.60 Å². The molecule has 1 saturated heterocycles. The molecule has 1 aliphatic heterocycles. The highest BCUT2D eigenvalue weighted by Crippen LogP contribution is 2.40. The van der Waals surface area contributed by atoms with E-state index >= 15 is 0 Å². The summed E-state index contributed by atoms with van der Waals surface area (Å²) in [5.41, 5.74) is 0.871. The molecule has 5 nitrogen and oxygen atoms in total. The first-order chi connectivity index (χ1) is 10.7. The van der Waals surface area contributed by atoms with Gasteiger partial charge in [-0.25, -0.2) is 15.0 Å². The normalized spacial score (nSPS) is 24.0. The zero-order valence-electron chi connectivity index (χ0n) is 13.0. The lowest BCUT2D eigenvalue weighted by atomic mass is 9.82. The smallest absolute Gasteiger partial charge is 0.164 e. The lowest BCUT2D eigenvalue weighted by Crippen LogP contribution is -2.31. The molecule has 1 saturated carbocycles. The van der Waals surface area contributed by atoms with Crippen LogP contribution in [0.4, 0.5) is 5.82 Å². The minimum atomic E-state index is 0.117. The highest BCUT2D eigenvalue weighted by atomic mass is 16.5. The summed E-state index contributed by atoms with van der Waals surface area (Å²) in [6.07, 6.45) is 9.21. The van der Waals surface area contributed by atoms with Crippen molar-refractivity contribution in [3.05, 3.63) is 24.2 Å². The van der Waals surface area contributed by atoms with Crippen molar-refractivity contribution >= 4 is 16.9 Å². The fraction of sp³-hybridized carbons (Fsp3) is 0.588. The SMILES string of the molecule is Cc1nc(N[C@H]2COC3(CCCCC3)C2)c2cccnc2n1. The quantitative estimate of drug-likeness (QED) is 0.922. The number of hydrogen-bond acceptors (Lipinski definition) is 5. The summed E-state index contributed by atoms with van der Waals surface area (Å²) < 4.78 is 6.19. The standard InChI is InChI=1S/C17H22N4O/c1-12-19-15-14(6-5-9-18-15)16(20-12)21-13-10-17(22-11-13)7-3-2-4-8-17/h5-6,9,13H,2-4,7-8,10-11H2,1H3,(H,18,19,20,21)/t13-/m1/s1. The van der Waals surface area contributed by atoms with E-state index in [1.54, 1.807) is 6.20 Å². The summed E-state index contributed by atoms with van der Waals surface area (Å²) in [4.78, 5) is 13.3. The second-order valence-corrected chi connectivity index (χ2v) is 6.59. The molecule has 0 bridgehead atoms. The van der Waals surface area contributed by atoms with E-state index in [9.17, 15) is 0 Å². The second kappa shape index (κ2) is 5.47. The van der Waals surface area contributed by atoms with Crippen LogP contribution in [-0.2, 0) is 4.74 Å². The van der Waals surface area contributed by atoms with Crippen molar-refractivity contribution in [1.82, 2.24) is 15.0 Å². The predicted octanol–water partition coefficient (Wildman–Crippen LogP) is 3.24. The Labute approximate surface area is 130 Å². The minimum absolute atomic E-state index is 0.117. The summed E-state index contributed by atoms with van der Waals surface area (Å²) in [7, 11) is 0. The van der Waals surface area contributed by atoms with Crippen LogP contribution >= 0.6 is 0 Å². The lowest BCUT2D eigenvalue weighted by Gasteiger charge is -2.32. The molecule has 2 fully saturated rings. The molecule has 1 spiro atoms. The van der Waals surface area contributed by atoms with E-state index in [1.165, 1.54) is 32.1 Å². The van der Waals surface area contributed by atoms with Crippen LogP contribution < -0.4 is 5.32 Å². The molecule has 3 heterocycles. The van der Waals surface area contributed by atoms with Gasteiger partial charge in [-0.1, -0.05) is 19.3 Å². The van der Waals surface area contributed by atoms with Gasteiger partial charge in [0, 0.05) is 6.20 Å². The fourth-order valence-corrected chi connectivity index (χ4v) is 3.86. The van der Waals surface area contributed by atoms with Crippen LogP contribution in [0.15, 0.2) is 18.3 Å². The van der Waals surface area contributed by atoms with Gasteiger partial charge in [-0.3, -0.25) is 0 Å². The van der Waals surface area contributed by atoms with E-state index in [0.29, 0.717) is 6.04 Å². The van der Waals surface area contributed by atoms with Gasteiger partial charge >= 0.3 is 0 Å². The highest BCUT2D eigenvalue weighted by Gasteiger charge is 2.41. The minimum Gasteiger partial charge on any atom is -0.373 e. The number of nitrogens with zero attached hydrogens (tertiary/aromatic N) is 3. The Morgan fingerprint density at radius 2 is 2.09 bits per heavy atom. The van der Waals surface area contributed by atoms with Crippen LogP contribution in [0.1, 0.15) is 44.3 Å². The first-order valence-corrected chi connectivity index (χ1v) is 8.24. The van der Waals surface area contributed by atoms with Gasteiger partial charge in [0.2, 0.25) is 0 Å². The summed E-state index contributed by atoms with van der Waals surface area (Å²) in [6, 6.07) is 4.28. The number of nitrogens with one attached hydrogen (secondary N) is 1. The van der Waals surface area contributed by atoms with Crippen LogP contribution in [0.5, 0.6) is 0 Å². The fourth-order valence-electron chi connectivity index (χ4n) is 3.86. The maximum absolute atomic E-state index is 6.19. The Morgan fingerprint density at radius 3 is 2.95 bits per heavy atom. The number of rotatable bonds is 2.